The van der Waals surface area contributed by atoms with Crippen LogP contribution >= 0.6 is 39.1 Å². The smallest absolute Gasteiger partial charge is 0.265 e. The standard InChI is InChI=1S/C13H11BrCl2N2O2S/c1-7-2-3-12(9(14)4-7)18-21(19,20)13-10(16)5-8(15)6-11(13)17/h2-6,18H,17H2,1H3. The Morgan fingerprint density at radius 1 is 1.19 bits per heavy atom. The van der Waals surface area contributed by atoms with Crippen molar-refractivity contribution in [2.45, 2.75) is 11.8 Å². The van der Waals surface area contributed by atoms with Crippen molar-refractivity contribution in [2.75, 3.05) is 10.5 Å². The van der Waals surface area contributed by atoms with Crippen molar-refractivity contribution in [1.82, 2.24) is 0 Å². The molecule has 112 valence electrons. The molecule has 3 N–H and O–H groups in total. The van der Waals surface area contributed by atoms with E-state index in [4.69, 9.17) is 28.9 Å². The molecule has 0 aliphatic heterocycles. The Kier molecular flexibility index (Phi) is 4.72. The first kappa shape index (κ1) is 16.4. The van der Waals surface area contributed by atoms with Gasteiger partial charge in [0.2, 0.25) is 0 Å². The summed E-state index contributed by atoms with van der Waals surface area (Å²) in [5, 5.41) is 0.240. The maximum atomic E-state index is 12.5. The minimum atomic E-state index is -3.92. The van der Waals surface area contributed by atoms with Gasteiger partial charge in [-0.25, -0.2) is 8.42 Å². The van der Waals surface area contributed by atoms with Crippen molar-refractivity contribution >= 4 is 60.5 Å². The monoisotopic (exact) mass is 408 g/mol. The van der Waals surface area contributed by atoms with Crippen LogP contribution in [-0.4, -0.2) is 8.42 Å². The second-order valence-corrected chi connectivity index (χ2v) is 7.71. The molecule has 0 aliphatic carbocycles. The van der Waals surface area contributed by atoms with E-state index in [1.54, 1.807) is 18.2 Å². The maximum Gasteiger partial charge on any atom is 0.265 e. The zero-order valence-electron chi connectivity index (χ0n) is 10.8. The van der Waals surface area contributed by atoms with Crippen molar-refractivity contribution in [3.05, 3.63) is 50.4 Å². The molecule has 2 rings (SSSR count). The minimum Gasteiger partial charge on any atom is -0.398 e. The number of hydrogen-bond acceptors (Lipinski definition) is 3. The van der Waals surface area contributed by atoms with Gasteiger partial charge in [-0.2, -0.15) is 0 Å². The lowest BCUT2D eigenvalue weighted by atomic mass is 10.2. The molecule has 0 heterocycles. The first-order valence-electron chi connectivity index (χ1n) is 5.74. The number of nitrogens with one attached hydrogen (secondary N) is 1. The molecule has 0 aromatic heterocycles. The van der Waals surface area contributed by atoms with Crippen LogP contribution in [0.3, 0.4) is 0 Å². The fraction of sp³-hybridized carbons (Fsp3) is 0.0769. The van der Waals surface area contributed by atoms with Crippen molar-refractivity contribution in [2.24, 2.45) is 0 Å². The number of nitrogens with two attached hydrogens (primary N) is 1. The topological polar surface area (TPSA) is 72.2 Å². The zero-order chi connectivity index (χ0) is 15.8. The summed E-state index contributed by atoms with van der Waals surface area (Å²) >= 11 is 15.1. The van der Waals surface area contributed by atoms with E-state index in [0.717, 1.165) is 5.56 Å². The lowest BCUT2D eigenvalue weighted by Crippen LogP contribution is -2.15. The van der Waals surface area contributed by atoms with Gasteiger partial charge in [-0.15, -0.1) is 0 Å². The van der Waals surface area contributed by atoms with Gasteiger partial charge < -0.3 is 5.73 Å². The van der Waals surface area contributed by atoms with Gasteiger partial charge in [-0.1, -0.05) is 29.3 Å². The summed E-state index contributed by atoms with van der Waals surface area (Å²) in [6.45, 7) is 1.90. The summed E-state index contributed by atoms with van der Waals surface area (Å²) in [5.41, 5.74) is 7.10. The van der Waals surface area contributed by atoms with Crippen molar-refractivity contribution in [3.8, 4) is 0 Å². The van der Waals surface area contributed by atoms with E-state index in [0.29, 0.717) is 10.2 Å². The maximum absolute atomic E-state index is 12.5. The zero-order valence-corrected chi connectivity index (χ0v) is 14.7. The molecule has 0 saturated heterocycles. The van der Waals surface area contributed by atoms with E-state index in [2.05, 4.69) is 20.7 Å². The van der Waals surface area contributed by atoms with Crippen LogP contribution in [0, 0.1) is 6.92 Å². The highest BCUT2D eigenvalue weighted by Crippen LogP contribution is 2.33. The van der Waals surface area contributed by atoms with Crippen LogP contribution < -0.4 is 10.5 Å². The number of anilines is 2. The molecule has 0 saturated carbocycles. The predicted molar refractivity (Wildman–Crippen MR) is 90.6 cm³/mol. The normalized spacial score (nSPS) is 11.4. The van der Waals surface area contributed by atoms with Crippen LogP contribution in [0.15, 0.2) is 39.7 Å². The number of benzene rings is 2. The van der Waals surface area contributed by atoms with Crippen LogP contribution in [0.1, 0.15) is 5.56 Å². The van der Waals surface area contributed by atoms with Gasteiger partial charge in [0, 0.05) is 9.50 Å². The minimum absolute atomic E-state index is 0.0109. The molecule has 0 radical (unpaired) electrons. The summed E-state index contributed by atoms with van der Waals surface area (Å²) < 4.78 is 28.0. The Labute approximate surface area is 141 Å². The number of rotatable bonds is 3. The number of sulfonamides is 1. The molecular formula is C13H11BrCl2N2O2S. The van der Waals surface area contributed by atoms with Gasteiger partial charge in [0.15, 0.2) is 0 Å². The van der Waals surface area contributed by atoms with E-state index >= 15 is 0 Å². The molecule has 2 aromatic rings. The SMILES string of the molecule is Cc1ccc(NS(=O)(=O)c2c(N)cc(Cl)cc2Cl)c(Br)c1. The van der Waals surface area contributed by atoms with Crippen molar-refractivity contribution in [3.63, 3.8) is 0 Å². The molecule has 8 heteroatoms. The molecule has 0 spiro atoms. The summed E-state index contributed by atoms with van der Waals surface area (Å²) in [7, 11) is -3.92. The summed E-state index contributed by atoms with van der Waals surface area (Å²) in [6.07, 6.45) is 0. The lowest BCUT2D eigenvalue weighted by molar-refractivity contribution is 0.601. The third-order valence-electron chi connectivity index (χ3n) is 2.67. The molecule has 0 amide bonds. The first-order chi connectivity index (χ1) is 9.70. The van der Waals surface area contributed by atoms with E-state index in [9.17, 15) is 8.42 Å². The third kappa shape index (κ3) is 3.63. The van der Waals surface area contributed by atoms with Crippen LogP contribution in [0.4, 0.5) is 11.4 Å². The number of halogens is 3. The summed E-state index contributed by atoms with van der Waals surface area (Å²) in [4.78, 5) is -0.193. The molecule has 0 aliphatic rings. The number of nitrogen functional groups attached to an aromatic ring is 1. The summed E-state index contributed by atoms with van der Waals surface area (Å²) in [6, 6.07) is 7.90. The van der Waals surface area contributed by atoms with E-state index < -0.39 is 10.0 Å². The average Bonchev–Trinajstić information content (AvgIpc) is 2.30. The van der Waals surface area contributed by atoms with Gasteiger partial charge in [0.1, 0.15) is 4.90 Å². The predicted octanol–water partition coefficient (Wildman–Crippen LogP) is 4.45. The first-order valence-corrected chi connectivity index (χ1v) is 8.77. The Morgan fingerprint density at radius 3 is 2.43 bits per heavy atom. The highest BCUT2D eigenvalue weighted by Gasteiger charge is 2.23. The third-order valence-corrected chi connectivity index (χ3v) is 5.44. The summed E-state index contributed by atoms with van der Waals surface area (Å²) in [5.74, 6) is 0. The second-order valence-electron chi connectivity index (χ2n) is 4.39. The molecule has 21 heavy (non-hydrogen) atoms. The van der Waals surface area contributed by atoms with Crippen LogP contribution in [0.25, 0.3) is 0 Å². The molecule has 4 nitrogen and oxygen atoms in total. The highest BCUT2D eigenvalue weighted by molar-refractivity contribution is 9.10. The molecule has 0 unspecified atom stereocenters. The van der Waals surface area contributed by atoms with Crippen molar-refractivity contribution < 1.29 is 8.42 Å². The Bertz CT molecular complexity index is 787. The average molecular weight is 410 g/mol. The van der Waals surface area contributed by atoms with Gasteiger partial charge in [0.25, 0.3) is 10.0 Å². The van der Waals surface area contributed by atoms with Gasteiger partial charge in [0.05, 0.1) is 16.4 Å². The number of aryl methyl sites for hydroxylation is 1. The second kappa shape index (κ2) is 6.04. The fourth-order valence-electron chi connectivity index (χ4n) is 1.76. The fourth-order valence-corrected chi connectivity index (χ4v) is 4.55. The van der Waals surface area contributed by atoms with Crippen LogP contribution in [0.2, 0.25) is 10.0 Å². The van der Waals surface area contributed by atoms with Crippen molar-refractivity contribution in [1.29, 1.82) is 0 Å². The quantitative estimate of drug-likeness (QED) is 0.735. The Morgan fingerprint density at radius 2 is 1.86 bits per heavy atom. The van der Waals surface area contributed by atoms with Gasteiger partial charge >= 0.3 is 0 Å². The molecule has 2 aromatic carbocycles. The molecule has 0 fully saturated rings. The largest absolute Gasteiger partial charge is 0.398 e. The highest BCUT2D eigenvalue weighted by atomic mass is 79.9. The molecule has 0 bridgehead atoms. The van der Waals surface area contributed by atoms with E-state index in [-0.39, 0.29) is 20.6 Å². The molecular weight excluding hydrogens is 399 g/mol. The van der Waals surface area contributed by atoms with E-state index in [1.807, 2.05) is 6.92 Å². The Hall–Kier alpha value is -0.950. The van der Waals surface area contributed by atoms with Crippen LogP contribution in [-0.2, 0) is 10.0 Å². The lowest BCUT2D eigenvalue weighted by Gasteiger charge is -2.13. The van der Waals surface area contributed by atoms with Gasteiger partial charge in [-0.3, -0.25) is 4.72 Å². The van der Waals surface area contributed by atoms with Crippen LogP contribution in [0.5, 0.6) is 0 Å². The van der Waals surface area contributed by atoms with E-state index in [1.165, 1.54) is 12.1 Å². The number of hydrogen-bond donors (Lipinski definition) is 2. The Balaban J connectivity index is 2.48. The molecule has 0 atom stereocenters. The van der Waals surface area contributed by atoms with Gasteiger partial charge in [-0.05, 0) is 52.7 Å².